The van der Waals surface area contributed by atoms with Gasteiger partial charge in [0.1, 0.15) is 0 Å². The molecule has 1 saturated heterocycles. The van der Waals surface area contributed by atoms with Gasteiger partial charge < -0.3 is 10.4 Å². The second-order valence-corrected chi connectivity index (χ2v) is 9.65. The van der Waals surface area contributed by atoms with Gasteiger partial charge in [0, 0.05) is 19.6 Å². The molecule has 4 rings (SSSR count). The van der Waals surface area contributed by atoms with E-state index in [4.69, 9.17) is 0 Å². The van der Waals surface area contributed by atoms with Crippen LogP contribution < -0.4 is 5.32 Å². The fourth-order valence-electron chi connectivity index (χ4n) is 5.57. The van der Waals surface area contributed by atoms with Crippen LogP contribution in [-0.2, 0) is 19.4 Å². The number of nitrogens with one attached hydrogen (secondary N) is 1. The minimum absolute atomic E-state index is 0.0639. The van der Waals surface area contributed by atoms with Crippen LogP contribution in [0.25, 0.3) is 0 Å². The highest BCUT2D eigenvalue weighted by Gasteiger charge is 2.46. The van der Waals surface area contributed by atoms with Crippen LogP contribution >= 0.6 is 0 Å². The fraction of sp³-hybridized carbons (Fsp3) is 0.321. The smallest absolute Gasteiger partial charge is 0.405 e. The summed E-state index contributed by atoms with van der Waals surface area (Å²) in [5.74, 6) is 0. The molecule has 0 aromatic heterocycles. The van der Waals surface area contributed by atoms with Crippen molar-refractivity contribution in [1.29, 1.82) is 0 Å². The van der Waals surface area contributed by atoms with Crippen molar-refractivity contribution in [2.24, 2.45) is 5.41 Å². The van der Waals surface area contributed by atoms with Crippen LogP contribution in [0.2, 0.25) is 0 Å². The van der Waals surface area contributed by atoms with Gasteiger partial charge in [0.15, 0.2) is 0 Å². The van der Waals surface area contributed by atoms with Gasteiger partial charge in [-0.05, 0) is 41.4 Å². The molecular formula is C28H32N2O2. The molecule has 1 aliphatic rings. The zero-order valence-electron chi connectivity index (χ0n) is 18.7. The molecule has 4 heteroatoms. The van der Waals surface area contributed by atoms with Crippen molar-refractivity contribution in [3.05, 3.63) is 108 Å². The lowest BCUT2D eigenvalue weighted by Crippen LogP contribution is -2.64. The van der Waals surface area contributed by atoms with Gasteiger partial charge in [-0.3, -0.25) is 4.90 Å². The maximum Gasteiger partial charge on any atom is 0.405 e. The molecule has 0 radical (unpaired) electrons. The first kappa shape index (κ1) is 22.1. The summed E-state index contributed by atoms with van der Waals surface area (Å²) in [6.07, 6.45) is 1.43. The Morgan fingerprint density at radius 3 is 1.84 bits per heavy atom. The van der Waals surface area contributed by atoms with Crippen molar-refractivity contribution in [1.82, 2.24) is 10.2 Å². The predicted octanol–water partition coefficient (Wildman–Crippen LogP) is 5.39. The summed E-state index contributed by atoms with van der Waals surface area (Å²) in [6, 6.07) is 31.2. The van der Waals surface area contributed by atoms with Crippen LogP contribution in [0.15, 0.2) is 91.0 Å². The van der Waals surface area contributed by atoms with E-state index in [0.717, 1.165) is 31.5 Å². The molecule has 2 unspecified atom stereocenters. The van der Waals surface area contributed by atoms with Crippen LogP contribution in [0.1, 0.15) is 30.0 Å². The van der Waals surface area contributed by atoms with Gasteiger partial charge in [0.05, 0.1) is 5.54 Å². The van der Waals surface area contributed by atoms with Gasteiger partial charge in [-0.25, -0.2) is 4.79 Å². The van der Waals surface area contributed by atoms with Crippen LogP contribution in [0.5, 0.6) is 0 Å². The molecule has 1 fully saturated rings. The molecule has 4 nitrogen and oxygen atoms in total. The Morgan fingerprint density at radius 2 is 1.31 bits per heavy atom. The zero-order chi connectivity index (χ0) is 22.4. The third-order valence-corrected chi connectivity index (χ3v) is 6.38. The number of rotatable bonds is 7. The number of benzene rings is 3. The van der Waals surface area contributed by atoms with Crippen LogP contribution in [-0.4, -0.2) is 34.7 Å². The second kappa shape index (κ2) is 9.58. The Morgan fingerprint density at radius 1 is 0.812 bits per heavy atom. The average Bonchev–Trinajstić information content (AvgIpc) is 2.74. The maximum absolute atomic E-state index is 12.0. The van der Waals surface area contributed by atoms with E-state index in [1.54, 1.807) is 0 Å². The maximum atomic E-state index is 12.0. The van der Waals surface area contributed by atoms with Crippen LogP contribution in [0.4, 0.5) is 4.79 Å². The summed E-state index contributed by atoms with van der Waals surface area (Å²) < 4.78 is 0. The lowest BCUT2D eigenvalue weighted by Gasteiger charge is -2.51. The van der Waals surface area contributed by atoms with E-state index in [2.05, 4.69) is 77.8 Å². The van der Waals surface area contributed by atoms with Crippen molar-refractivity contribution in [3.8, 4) is 0 Å². The summed E-state index contributed by atoms with van der Waals surface area (Å²) in [6.45, 7) is 4.73. The molecular weight excluding hydrogens is 396 g/mol. The van der Waals surface area contributed by atoms with E-state index in [9.17, 15) is 9.90 Å². The quantitative estimate of drug-likeness (QED) is 0.530. The van der Waals surface area contributed by atoms with Gasteiger partial charge in [-0.1, -0.05) is 97.9 Å². The Hall–Kier alpha value is -3.11. The lowest BCUT2D eigenvalue weighted by atomic mass is 9.68. The van der Waals surface area contributed by atoms with Gasteiger partial charge >= 0.3 is 6.09 Å². The Bertz CT molecular complexity index is 1010. The molecule has 0 bridgehead atoms. The first-order valence-electron chi connectivity index (χ1n) is 11.3. The highest BCUT2D eigenvalue weighted by atomic mass is 16.4. The fourth-order valence-corrected chi connectivity index (χ4v) is 5.57. The van der Waals surface area contributed by atoms with E-state index in [0.29, 0.717) is 13.0 Å². The first-order chi connectivity index (χ1) is 15.4. The third kappa shape index (κ3) is 5.77. The number of hydrogen-bond acceptors (Lipinski definition) is 2. The normalized spacial score (nSPS) is 23.5. The Kier molecular flexibility index (Phi) is 6.61. The number of hydrogen-bond donors (Lipinski definition) is 2. The van der Waals surface area contributed by atoms with Crippen LogP contribution in [0.3, 0.4) is 0 Å². The number of nitrogens with zero attached hydrogens (tertiary/aromatic N) is 1. The third-order valence-electron chi connectivity index (χ3n) is 6.38. The van der Waals surface area contributed by atoms with E-state index >= 15 is 0 Å². The van der Waals surface area contributed by atoms with E-state index in [1.165, 1.54) is 11.1 Å². The number of amides is 1. The number of carboxylic acid groups (broad SMARTS) is 1. The molecule has 1 amide bonds. The average molecular weight is 429 g/mol. The molecule has 166 valence electrons. The minimum Gasteiger partial charge on any atom is -0.465 e. The molecule has 32 heavy (non-hydrogen) atoms. The molecule has 0 aliphatic carbocycles. The monoisotopic (exact) mass is 428 g/mol. The molecule has 2 N–H and O–H groups in total. The predicted molar refractivity (Wildman–Crippen MR) is 129 cm³/mol. The van der Waals surface area contributed by atoms with Crippen molar-refractivity contribution in [2.45, 2.75) is 38.3 Å². The SMILES string of the molecule is CC1(Cc2ccccc2)CN(Cc2ccccc2)CC(Cc2ccccc2)(NC(=O)O)C1. The number of carbonyl (C=O) groups is 1. The number of piperidine rings is 1. The molecule has 3 aromatic carbocycles. The lowest BCUT2D eigenvalue weighted by molar-refractivity contribution is 0.0216. The summed E-state index contributed by atoms with van der Waals surface area (Å²) >= 11 is 0. The van der Waals surface area contributed by atoms with Crippen molar-refractivity contribution < 1.29 is 9.90 Å². The Labute approximate surface area is 190 Å². The molecule has 1 heterocycles. The summed E-state index contributed by atoms with van der Waals surface area (Å²) in [7, 11) is 0. The molecule has 3 aromatic rings. The van der Waals surface area contributed by atoms with Crippen LogP contribution in [0, 0.1) is 5.41 Å². The van der Waals surface area contributed by atoms with Gasteiger partial charge in [-0.2, -0.15) is 0 Å². The van der Waals surface area contributed by atoms with Gasteiger partial charge in [-0.15, -0.1) is 0 Å². The summed E-state index contributed by atoms with van der Waals surface area (Å²) in [5, 5.41) is 12.8. The second-order valence-electron chi connectivity index (χ2n) is 9.65. The van der Waals surface area contributed by atoms with Crippen molar-refractivity contribution in [3.63, 3.8) is 0 Å². The molecule has 1 aliphatic heterocycles. The van der Waals surface area contributed by atoms with Crippen molar-refractivity contribution >= 4 is 6.09 Å². The standard InChI is InChI=1S/C28H32N2O2/c1-27(17-23-11-5-2-6-12-23)20-28(29-26(31)32,18-24-13-7-3-8-14-24)22-30(21-27)19-25-15-9-4-10-16-25/h2-16,29H,17-22H2,1H3,(H,31,32). The van der Waals surface area contributed by atoms with Crippen molar-refractivity contribution in [2.75, 3.05) is 13.1 Å². The largest absolute Gasteiger partial charge is 0.465 e. The minimum atomic E-state index is -0.954. The Balaban J connectivity index is 1.68. The zero-order valence-corrected chi connectivity index (χ0v) is 18.7. The van der Waals surface area contributed by atoms with Gasteiger partial charge in [0.2, 0.25) is 0 Å². The molecule has 0 saturated carbocycles. The topological polar surface area (TPSA) is 52.6 Å². The highest BCUT2D eigenvalue weighted by Crippen LogP contribution is 2.40. The first-order valence-corrected chi connectivity index (χ1v) is 11.3. The number of likely N-dealkylation sites (tertiary alicyclic amines) is 1. The van der Waals surface area contributed by atoms with E-state index < -0.39 is 11.6 Å². The summed E-state index contributed by atoms with van der Waals surface area (Å²) in [5.41, 5.74) is 3.08. The summed E-state index contributed by atoms with van der Waals surface area (Å²) in [4.78, 5) is 14.4. The van der Waals surface area contributed by atoms with E-state index in [1.807, 2.05) is 30.3 Å². The van der Waals surface area contributed by atoms with Gasteiger partial charge in [0.25, 0.3) is 0 Å². The highest BCUT2D eigenvalue weighted by molar-refractivity contribution is 5.66. The molecule has 2 atom stereocenters. The van der Waals surface area contributed by atoms with E-state index in [-0.39, 0.29) is 5.41 Å². The molecule has 0 spiro atoms.